The Kier molecular flexibility index (Phi) is 1.17. The van der Waals surface area contributed by atoms with Crippen molar-refractivity contribution < 1.29 is 0 Å². The smallest absolute Gasteiger partial charge is 0.0114 e. The molecule has 12 heavy (non-hydrogen) atoms. The van der Waals surface area contributed by atoms with Gasteiger partial charge in [-0.2, -0.15) is 0 Å². The first-order valence-corrected chi connectivity index (χ1v) is 4.70. The maximum atomic E-state index is 6.03. The third-order valence-corrected chi connectivity index (χ3v) is 3.45. The van der Waals surface area contributed by atoms with Crippen molar-refractivity contribution in [3.05, 3.63) is 35.4 Å². The van der Waals surface area contributed by atoms with Gasteiger partial charge in [0.1, 0.15) is 0 Å². The number of rotatable bonds is 0. The van der Waals surface area contributed by atoms with E-state index in [-0.39, 0.29) is 0 Å². The molecule has 0 unspecified atom stereocenters. The first-order valence-electron chi connectivity index (χ1n) is 4.70. The zero-order valence-corrected chi connectivity index (χ0v) is 7.03. The summed E-state index contributed by atoms with van der Waals surface area (Å²) in [5, 5.41) is 0. The van der Waals surface area contributed by atoms with Crippen molar-refractivity contribution >= 4 is 0 Å². The van der Waals surface area contributed by atoms with Crippen LogP contribution in [0.25, 0.3) is 0 Å². The second kappa shape index (κ2) is 2.11. The summed E-state index contributed by atoms with van der Waals surface area (Å²) in [6, 6.07) is 9.23. The highest BCUT2D eigenvalue weighted by Crippen LogP contribution is 2.51. The molecule has 1 aromatic carbocycles. The lowest BCUT2D eigenvalue weighted by molar-refractivity contribution is 0.595. The maximum Gasteiger partial charge on any atom is 0.0114 e. The number of nitrogens with two attached hydrogens (primary N) is 1. The molecule has 0 aromatic heterocycles. The Hall–Kier alpha value is -0.820. The standard InChI is InChI=1S/C11H13N/c12-11-6-7-5-10(11)9-4-2-1-3-8(7)9/h1-4,7,10-11H,5-6,12H2/t7-,10-,11-/m1/s1. The third kappa shape index (κ3) is 0.674. The van der Waals surface area contributed by atoms with E-state index < -0.39 is 0 Å². The molecule has 1 nitrogen and oxygen atoms in total. The fourth-order valence-corrected chi connectivity index (χ4v) is 2.90. The summed E-state index contributed by atoms with van der Waals surface area (Å²) in [6.07, 6.45) is 2.52. The van der Waals surface area contributed by atoms with Crippen LogP contribution in [0.3, 0.4) is 0 Å². The Morgan fingerprint density at radius 2 is 1.83 bits per heavy atom. The fourth-order valence-electron chi connectivity index (χ4n) is 2.90. The summed E-state index contributed by atoms with van der Waals surface area (Å²) in [6.45, 7) is 0. The van der Waals surface area contributed by atoms with Gasteiger partial charge in [-0.3, -0.25) is 0 Å². The topological polar surface area (TPSA) is 26.0 Å². The molecule has 1 saturated carbocycles. The highest BCUT2D eigenvalue weighted by molar-refractivity contribution is 5.42. The largest absolute Gasteiger partial charge is 0.327 e. The van der Waals surface area contributed by atoms with E-state index in [1.807, 2.05) is 0 Å². The molecule has 0 heterocycles. The van der Waals surface area contributed by atoms with Crippen molar-refractivity contribution in [1.82, 2.24) is 0 Å². The SMILES string of the molecule is N[C@@H]1C[C@H]2C[C@@H]1c1ccccc12. The molecular formula is C11H13N. The van der Waals surface area contributed by atoms with Gasteiger partial charge in [0.05, 0.1) is 0 Å². The zero-order valence-electron chi connectivity index (χ0n) is 7.03. The van der Waals surface area contributed by atoms with E-state index in [0.29, 0.717) is 12.0 Å². The van der Waals surface area contributed by atoms with Crippen LogP contribution in [0, 0.1) is 0 Å². The van der Waals surface area contributed by atoms with Gasteiger partial charge in [0.2, 0.25) is 0 Å². The average molecular weight is 159 g/mol. The quantitative estimate of drug-likeness (QED) is 0.615. The summed E-state index contributed by atoms with van der Waals surface area (Å²) in [4.78, 5) is 0. The molecule has 2 aliphatic rings. The summed E-state index contributed by atoms with van der Waals surface area (Å²) in [5.41, 5.74) is 9.14. The predicted molar refractivity (Wildman–Crippen MR) is 49.1 cm³/mol. The van der Waals surface area contributed by atoms with Crippen LogP contribution in [0.4, 0.5) is 0 Å². The van der Waals surface area contributed by atoms with E-state index in [1.54, 1.807) is 5.56 Å². The molecule has 0 radical (unpaired) electrons. The van der Waals surface area contributed by atoms with E-state index >= 15 is 0 Å². The van der Waals surface area contributed by atoms with Gasteiger partial charge in [0.25, 0.3) is 0 Å². The Bertz CT molecular complexity index is 319. The summed E-state index contributed by atoms with van der Waals surface area (Å²) in [7, 11) is 0. The summed E-state index contributed by atoms with van der Waals surface area (Å²) >= 11 is 0. The number of fused-ring (bicyclic) bond motifs is 5. The van der Waals surface area contributed by atoms with Crippen molar-refractivity contribution in [3.8, 4) is 0 Å². The van der Waals surface area contributed by atoms with Crippen LogP contribution in [0.15, 0.2) is 24.3 Å². The van der Waals surface area contributed by atoms with E-state index in [0.717, 1.165) is 5.92 Å². The van der Waals surface area contributed by atoms with Crippen molar-refractivity contribution in [3.63, 3.8) is 0 Å². The van der Waals surface area contributed by atoms with Gasteiger partial charge in [0, 0.05) is 6.04 Å². The molecule has 3 atom stereocenters. The zero-order chi connectivity index (χ0) is 8.13. The molecule has 0 spiro atoms. The van der Waals surface area contributed by atoms with Crippen LogP contribution >= 0.6 is 0 Å². The van der Waals surface area contributed by atoms with Crippen LogP contribution < -0.4 is 5.73 Å². The average Bonchev–Trinajstić information content (AvgIpc) is 2.62. The predicted octanol–water partition coefficient (Wildman–Crippen LogP) is 1.99. The minimum absolute atomic E-state index is 0.435. The van der Waals surface area contributed by atoms with E-state index in [2.05, 4.69) is 24.3 Å². The molecule has 3 rings (SSSR count). The highest BCUT2D eigenvalue weighted by Gasteiger charge is 2.41. The number of hydrogen-bond acceptors (Lipinski definition) is 1. The molecule has 2 bridgehead atoms. The van der Waals surface area contributed by atoms with E-state index in [9.17, 15) is 0 Å². The monoisotopic (exact) mass is 159 g/mol. The first-order chi connectivity index (χ1) is 5.86. The number of benzene rings is 1. The Balaban J connectivity index is 2.17. The van der Waals surface area contributed by atoms with E-state index in [4.69, 9.17) is 5.73 Å². The fraction of sp³-hybridized carbons (Fsp3) is 0.455. The van der Waals surface area contributed by atoms with Gasteiger partial charge >= 0.3 is 0 Å². The first kappa shape index (κ1) is 6.67. The molecule has 0 amide bonds. The second-order valence-corrected chi connectivity index (χ2v) is 4.07. The van der Waals surface area contributed by atoms with Crippen LogP contribution in [0.1, 0.15) is 35.8 Å². The van der Waals surface area contributed by atoms with Crippen LogP contribution in [-0.2, 0) is 0 Å². The van der Waals surface area contributed by atoms with Gasteiger partial charge in [-0.25, -0.2) is 0 Å². The van der Waals surface area contributed by atoms with Gasteiger partial charge in [-0.15, -0.1) is 0 Å². The minimum Gasteiger partial charge on any atom is -0.327 e. The summed E-state index contributed by atoms with van der Waals surface area (Å²) < 4.78 is 0. The molecule has 1 heteroatoms. The van der Waals surface area contributed by atoms with Gasteiger partial charge in [-0.05, 0) is 35.8 Å². The Morgan fingerprint density at radius 3 is 2.67 bits per heavy atom. The third-order valence-electron chi connectivity index (χ3n) is 3.45. The summed E-state index contributed by atoms with van der Waals surface area (Å²) in [5.74, 6) is 1.45. The molecule has 62 valence electrons. The van der Waals surface area contributed by atoms with Crippen molar-refractivity contribution in [2.24, 2.45) is 5.73 Å². The normalized spacial score (nSPS) is 36.9. The molecule has 0 aliphatic heterocycles. The van der Waals surface area contributed by atoms with E-state index in [1.165, 1.54) is 18.4 Å². The van der Waals surface area contributed by atoms with Crippen LogP contribution in [0.2, 0.25) is 0 Å². The Morgan fingerprint density at radius 1 is 1.08 bits per heavy atom. The molecule has 1 fully saturated rings. The van der Waals surface area contributed by atoms with Gasteiger partial charge in [0.15, 0.2) is 0 Å². The highest BCUT2D eigenvalue weighted by atomic mass is 14.7. The maximum absolute atomic E-state index is 6.03. The lowest BCUT2D eigenvalue weighted by Gasteiger charge is -2.20. The van der Waals surface area contributed by atoms with Crippen molar-refractivity contribution in [2.45, 2.75) is 30.7 Å². The number of hydrogen-bond donors (Lipinski definition) is 1. The van der Waals surface area contributed by atoms with Crippen LogP contribution in [0.5, 0.6) is 0 Å². The van der Waals surface area contributed by atoms with Gasteiger partial charge in [-0.1, -0.05) is 24.3 Å². The van der Waals surface area contributed by atoms with Crippen LogP contribution in [-0.4, -0.2) is 6.04 Å². The van der Waals surface area contributed by atoms with Gasteiger partial charge < -0.3 is 5.73 Å². The second-order valence-electron chi connectivity index (χ2n) is 4.07. The lowest BCUT2D eigenvalue weighted by Crippen LogP contribution is -2.25. The molecule has 2 aliphatic carbocycles. The molecule has 1 aromatic rings. The lowest BCUT2D eigenvalue weighted by atomic mass is 9.89. The Labute approximate surface area is 72.6 Å². The molecular weight excluding hydrogens is 146 g/mol. The molecule has 0 saturated heterocycles. The minimum atomic E-state index is 0.435. The van der Waals surface area contributed by atoms with Crippen molar-refractivity contribution in [2.75, 3.05) is 0 Å². The molecule has 2 N–H and O–H groups in total. The van der Waals surface area contributed by atoms with Crippen molar-refractivity contribution in [1.29, 1.82) is 0 Å².